The van der Waals surface area contributed by atoms with Crippen molar-refractivity contribution in [2.75, 3.05) is 11.9 Å². The predicted molar refractivity (Wildman–Crippen MR) is 81.5 cm³/mol. The van der Waals surface area contributed by atoms with E-state index in [2.05, 4.69) is 29.0 Å². The highest BCUT2D eigenvalue weighted by Gasteiger charge is 2.11. The molecule has 0 bridgehead atoms. The largest absolute Gasteiger partial charge is 0.328 e. The summed E-state index contributed by atoms with van der Waals surface area (Å²) in [6.07, 6.45) is 2.45. The van der Waals surface area contributed by atoms with Crippen LogP contribution >= 0.6 is 22.6 Å². The average molecular weight is 355 g/mol. The molecule has 4 nitrogen and oxygen atoms in total. The Kier molecular flexibility index (Phi) is 4.00. The second-order valence-electron chi connectivity index (χ2n) is 3.95. The summed E-state index contributed by atoms with van der Waals surface area (Å²) in [7, 11) is 1.91. The second-order valence-corrected chi connectivity index (χ2v) is 5.03. The minimum absolute atomic E-state index is 0.113. The summed E-state index contributed by atoms with van der Waals surface area (Å²) < 4.78 is 0.595. The van der Waals surface area contributed by atoms with Gasteiger partial charge in [-0.15, -0.1) is 0 Å². The Morgan fingerprint density at radius 3 is 2.61 bits per heavy atom. The van der Waals surface area contributed by atoms with Gasteiger partial charge in [-0.05, 0) is 46.7 Å². The molecule has 1 N–H and O–H groups in total. The fraction of sp³-hybridized carbons (Fsp3) is 0.231. The van der Waals surface area contributed by atoms with Gasteiger partial charge in [-0.25, -0.2) is 4.98 Å². The van der Waals surface area contributed by atoms with E-state index in [0.29, 0.717) is 9.39 Å². The van der Waals surface area contributed by atoms with Crippen molar-refractivity contribution in [3.8, 4) is 0 Å². The number of aryl methyl sites for hydroxylation is 1. The van der Waals surface area contributed by atoms with Crippen LogP contribution in [-0.4, -0.2) is 17.0 Å². The van der Waals surface area contributed by atoms with Crippen molar-refractivity contribution in [3.05, 3.63) is 50.1 Å². The van der Waals surface area contributed by atoms with Gasteiger partial charge in [0.15, 0.2) is 5.82 Å². The molecule has 2 aromatic rings. The lowest BCUT2D eigenvalue weighted by atomic mass is 10.1. The molecule has 0 saturated carbocycles. The van der Waals surface area contributed by atoms with Crippen molar-refractivity contribution in [2.45, 2.75) is 13.3 Å². The van der Waals surface area contributed by atoms with E-state index in [1.807, 2.05) is 46.7 Å². The summed E-state index contributed by atoms with van der Waals surface area (Å²) in [5.41, 5.74) is 2.20. The quantitative estimate of drug-likeness (QED) is 0.862. The molecule has 0 aliphatic carbocycles. The lowest BCUT2D eigenvalue weighted by Gasteiger charge is -2.19. The van der Waals surface area contributed by atoms with Crippen molar-refractivity contribution >= 4 is 34.1 Å². The van der Waals surface area contributed by atoms with Gasteiger partial charge >= 0.3 is 0 Å². The highest BCUT2D eigenvalue weighted by Crippen LogP contribution is 2.24. The van der Waals surface area contributed by atoms with E-state index in [-0.39, 0.29) is 5.56 Å². The minimum atomic E-state index is -0.113. The van der Waals surface area contributed by atoms with Crippen LogP contribution in [-0.2, 0) is 6.42 Å². The summed E-state index contributed by atoms with van der Waals surface area (Å²) in [6.45, 7) is 2.12. The summed E-state index contributed by atoms with van der Waals surface area (Å²) in [6, 6.07) is 8.26. The average Bonchev–Trinajstić information content (AvgIpc) is 2.41. The summed E-state index contributed by atoms with van der Waals surface area (Å²) in [5, 5.41) is 0. The van der Waals surface area contributed by atoms with Gasteiger partial charge in [-0.2, -0.15) is 0 Å². The molecule has 0 saturated heterocycles. The van der Waals surface area contributed by atoms with Gasteiger partial charge in [0, 0.05) is 12.7 Å². The van der Waals surface area contributed by atoms with Crippen molar-refractivity contribution in [1.29, 1.82) is 0 Å². The first kappa shape index (κ1) is 13.1. The zero-order chi connectivity index (χ0) is 13.1. The molecular weight excluding hydrogens is 341 g/mol. The fourth-order valence-electron chi connectivity index (χ4n) is 1.69. The molecule has 18 heavy (non-hydrogen) atoms. The van der Waals surface area contributed by atoms with Crippen LogP contribution in [0.2, 0.25) is 0 Å². The molecule has 0 radical (unpaired) electrons. The number of nitrogens with zero attached hydrogens (tertiary/aromatic N) is 2. The molecule has 5 heteroatoms. The number of hydrogen-bond donors (Lipinski definition) is 1. The molecule has 1 aromatic carbocycles. The van der Waals surface area contributed by atoms with Gasteiger partial charge in [0.05, 0.1) is 6.33 Å². The van der Waals surface area contributed by atoms with Gasteiger partial charge < -0.3 is 9.88 Å². The Bertz CT molecular complexity index is 592. The second kappa shape index (κ2) is 5.51. The first-order chi connectivity index (χ1) is 8.63. The van der Waals surface area contributed by atoms with Crippen LogP contribution in [0.3, 0.4) is 0 Å². The van der Waals surface area contributed by atoms with Crippen LogP contribution in [0.15, 0.2) is 35.4 Å². The van der Waals surface area contributed by atoms with Gasteiger partial charge in [-0.3, -0.25) is 4.79 Å². The lowest BCUT2D eigenvalue weighted by Crippen LogP contribution is -2.19. The van der Waals surface area contributed by atoms with Crippen LogP contribution in [0, 0.1) is 3.57 Å². The van der Waals surface area contributed by atoms with Gasteiger partial charge in [0.1, 0.15) is 3.57 Å². The number of halogens is 1. The van der Waals surface area contributed by atoms with Crippen LogP contribution in [0.5, 0.6) is 0 Å². The molecule has 0 aliphatic heterocycles. The number of H-pyrrole nitrogens is 1. The van der Waals surface area contributed by atoms with Gasteiger partial charge in [-0.1, -0.05) is 19.1 Å². The van der Waals surface area contributed by atoms with E-state index < -0.39 is 0 Å². The highest BCUT2D eigenvalue weighted by atomic mass is 127. The molecule has 1 heterocycles. The molecule has 1 aromatic heterocycles. The van der Waals surface area contributed by atoms with E-state index in [0.717, 1.165) is 12.1 Å². The first-order valence-electron chi connectivity index (χ1n) is 5.69. The van der Waals surface area contributed by atoms with E-state index in [9.17, 15) is 4.79 Å². The standard InChI is InChI=1S/C13H14IN3O/c1-3-9-4-6-10(7-5-9)17(2)12-11(14)13(18)16-8-15-12/h4-8H,3H2,1-2H3,(H,15,16,18). The van der Waals surface area contributed by atoms with Crippen LogP contribution in [0.4, 0.5) is 11.5 Å². The molecule has 0 amide bonds. The molecule has 0 fully saturated rings. The third-order valence-electron chi connectivity index (χ3n) is 2.83. The first-order valence-corrected chi connectivity index (χ1v) is 6.77. The van der Waals surface area contributed by atoms with Crippen molar-refractivity contribution in [3.63, 3.8) is 0 Å². The Morgan fingerprint density at radius 2 is 2.00 bits per heavy atom. The van der Waals surface area contributed by atoms with Crippen LogP contribution in [0.1, 0.15) is 12.5 Å². The summed E-state index contributed by atoms with van der Waals surface area (Å²) in [5.74, 6) is 0.670. The summed E-state index contributed by atoms with van der Waals surface area (Å²) >= 11 is 2.01. The zero-order valence-electron chi connectivity index (χ0n) is 10.3. The smallest absolute Gasteiger partial charge is 0.266 e. The molecule has 0 atom stereocenters. The van der Waals surface area contributed by atoms with E-state index >= 15 is 0 Å². The Morgan fingerprint density at radius 1 is 1.33 bits per heavy atom. The monoisotopic (exact) mass is 355 g/mol. The SMILES string of the molecule is CCc1ccc(N(C)c2nc[nH]c(=O)c2I)cc1. The van der Waals surface area contributed by atoms with E-state index in [4.69, 9.17) is 0 Å². The predicted octanol–water partition coefficient (Wildman–Crippen LogP) is 2.70. The zero-order valence-corrected chi connectivity index (χ0v) is 12.4. The van der Waals surface area contributed by atoms with Crippen LogP contribution < -0.4 is 10.5 Å². The highest BCUT2D eigenvalue weighted by molar-refractivity contribution is 14.1. The van der Waals surface area contributed by atoms with E-state index in [1.54, 1.807) is 0 Å². The molecule has 0 aliphatic rings. The van der Waals surface area contributed by atoms with E-state index in [1.165, 1.54) is 11.9 Å². The van der Waals surface area contributed by atoms with Crippen molar-refractivity contribution < 1.29 is 0 Å². The van der Waals surface area contributed by atoms with Crippen molar-refractivity contribution in [1.82, 2.24) is 9.97 Å². The molecule has 0 spiro atoms. The fourth-order valence-corrected chi connectivity index (χ4v) is 2.34. The molecule has 0 unspecified atom stereocenters. The number of benzene rings is 1. The minimum Gasteiger partial charge on any atom is -0.328 e. The Labute approximate surface area is 119 Å². The van der Waals surface area contributed by atoms with Crippen LogP contribution in [0.25, 0.3) is 0 Å². The van der Waals surface area contributed by atoms with Gasteiger partial charge in [0.2, 0.25) is 0 Å². The molecule has 2 rings (SSSR count). The third-order valence-corrected chi connectivity index (χ3v) is 3.80. The van der Waals surface area contributed by atoms with Crippen molar-refractivity contribution in [2.24, 2.45) is 0 Å². The maximum Gasteiger partial charge on any atom is 0.266 e. The number of aromatic amines is 1. The Hall–Kier alpha value is -1.37. The topological polar surface area (TPSA) is 49.0 Å². The maximum absolute atomic E-state index is 11.5. The maximum atomic E-state index is 11.5. The number of aromatic nitrogens is 2. The normalized spacial score (nSPS) is 10.4. The third kappa shape index (κ3) is 2.55. The number of nitrogens with one attached hydrogen (secondary N) is 1. The van der Waals surface area contributed by atoms with Gasteiger partial charge in [0.25, 0.3) is 5.56 Å². The summed E-state index contributed by atoms with van der Waals surface area (Å²) in [4.78, 5) is 20.2. The molecular formula is C13H14IN3O. The number of anilines is 2. The Balaban J connectivity index is 2.38. The lowest BCUT2D eigenvalue weighted by molar-refractivity contribution is 1.03. The molecule has 94 valence electrons. The number of hydrogen-bond acceptors (Lipinski definition) is 3. The number of rotatable bonds is 3.